The zero-order chi connectivity index (χ0) is 12.7. The summed E-state index contributed by atoms with van der Waals surface area (Å²) in [4.78, 5) is 6.93. The Bertz CT molecular complexity index is 260. The van der Waals surface area contributed by atoms with Crippen LogP contribution in [0.3, 0.4) is 0 Å². The van der Waals surface area contributed by atoms with E-state index in [1.54, 1.807) is 6.08 Å². The molecule has 0 amide bonds. The minimum atomic E-state index is 0.529. The normalized spacial score (nSPS) is 22.1. The summed E-state index contributed by atoms with van der Waals surface area (Å²) in [5.41, 5.74) is 5.76. The molecule has 0 aromatic carbocycles. The zero-order valence-corrected chi connectivity index (χ0v) is 11.2. The number of rotatable bonds is 6. The van der Waals surface area contributed by atoms with E-state index in [0.29, 0.717) is 18.5 Å². The van der Waals surface area contributed by atoms with Crippen LogP contribution >= 0.6 is 0 Å². The SMILES string of the molecule is C=CCNC(N)=NC[C@H]1CCCN1CC(C)C. The van der Waals surface area contributed by atoms with Crippen LogP contribution in [0.5, 0.6) is 0 Å². The van der Waals surface area contributed by atoms with Crippen molar-refractivity contribution < 1.29 is 0 Å². The maximum atomic E-state index is 5.76. The second-order valence-electron chi connectivity index (χ2n) is 5.08. The molecule has 1 rings (SSSR count). The Labute approximate surface area is 105 Å². The van der Waals surface area contributed by atoms with Crippen molar-refractivity contribution >= 4 is 5.96 Å². The van der Waals surface area contributed by atoms with Crippen LogP contribution in [0.2, 0.25) is 0 Å². The second-order valence-corrected chi connectivity index (χ2v) is 5.08. The summed E-state index contributed by atoms with van der Waals surface area (Å²) in [5.74, 6) is 1.25. The molecule has 98 valence electrons. The topological polar surface area (TPSA) is 53.6 Å². The molecule has 0 spiro atoms. The molecule has 4 nitrogen and oxygen atoms in total. The Morgan fingerprint density at radius 1 is 1.65 bits per heavy atom. The van der Waals surface area contributed by atoms with Gasteiger partial charge in [0.2, 0.25) is 0 Å². The van der Waals surface area contributed by atoms with Gasteiger partial charge < -0.3 is 11.1 Å². The fraction of sp³-hybridized carbons (Fsp3) is 0.769. The molecule has 1 atom stereocenters. The summed E-state index contributed by atoms with van der Waals surface area (Å²) in [7, 11) is 0. The van der Waals surface area contributed by atoms with Crippen LogP contribution in [0.25, 0.3) is 0 Å². The molecule has 0 bridgehead atoms. The molecule has 0 saturated carbocycles. The fourth-order valence-electron chi connectivity index (χ4n) is 2.25. The molecule has 1 aliphatic rings. The molecule has 1 fully saturated rings. The van der Waals surface area contributed by atoms with Crippen molar-refractivity contribution in [2.45, 2.75) is 32.7 Å². The number of nitrogens with two attached hydrogens (primary N) is 1. The van der Waals surface area contributed by atoms with Crippen molar-refractivity contribution in [3.05, 3.63) is 12.7 Å². The lowest BCUT2D eigenvalue weighted by Crippen LogP contribution is -2.37. The van der Waals surface area contributed by atoms with Gasteiger partial charge in [0.15, 0.2) is 5.96 Å². The first kappa shape index (κ1) is 14.0. The van der Waals surface area contributed by atoms with Crippen molar-refractivity contribution in [3.8, 4) is 0 Å². The summed E-state index contributed by atoms with van der Waals surface area (Å²) >= 11 is 0. The molecule has 0 unspecified atom stereocenters. The first-order chi connectivity index (χ1) is 8.13. The standard InChI is InChI=1S/C13H26N4/c1-4-7-15-13(14)16-9-12-6-5-8-17(12)10-11(2)3/h4,11-12H,1,5-10H2,2-3H3,(H3,14,15,16)/t12-/m1/s1. The summed E-state index contributed by atoms with van der Waals surface area (Å²) in [6, 6.07) is 0.571. The number of nitrogens with one attached hydrogen (secondary N) is 1. The van der Waals surface area contributed by atoms with E-state index in [1.165, 1.54) is 25.9 Å². The Balaban J connectivity index is 2.36. The van der Waals surface area contributed by atoms with Crippen LogP contribution in [0, 0.1) is 5.92 Å². The number of hydrogen-bond acceptors (Lipinski definition) is 2. The van der Waals surface area contributed by atoms with Gasteiger partial charge in [-0.15, -0.1) is 6.58 Å². The molecule has 3 N–H and O–H groups in total. The first-order valence-corrected chi connectivity index (χ1v) is 6.52. The van der Waals surface area contributed by atoms with E-state index in [-0.39, 0.29) is 0 Å². The molecule has 0 radical (unpaired) electrons. The number of likely N-dealkylation sites (tertiary alicyclic amines) is 1. The lowest BCUT2D eigenvalue weighted by molar-refractivity contribution is 0.231. The van der Waals surface area contributed by atoms with Crippen LogP contribution in [-0.2, 0) is 0 Å². The Hall–Kier alpha value is -1.03. The predicted molar refractivity (Wildman–Crippen MR) is 74.1 cm³/mol. The van der Waals surface area contributed by atoms with E-state index >= 15 is 0 Å². The highest BCUT2D eigenvalue weighted by molar-refractivity contribution is 5.77. The van der Waals surface area contributed by atoms with Crippen LogP contribution in [-0.4, -0.2) is 43.1 Å². The van der Waals surface area contributed by atoms with Crippen LogP contribution in [0.4, 0.5) is 0 Å². The minimum Gasteiger partial charge on any atom is -0.370 e. The molecule has 0 aromatic rings. The summed E-state index contributed by atoms with van der Waals surface area (Å²) in [5, 5.41) is 3.00. The van der Waals surface area contributed by atoms with Crippen LogP contribution in [0.1, 0.15) is 26.7 Å². The van der Waals surface area contributed by atoms with E-state index in [1.807, 2.05) is 0 Å². The lowest BCUT2D eigenvalue weighted by atomic mass is 10.2. The van der Waals surface area contributed by atoms with Gasteiger partial charge in [0.25, 0.3) is 0 Å². The van der Waals surface area contributed by atoms with E-state index in [0.717, 1.165) is 12.5 Å². The Morgan fingerprint density at radius 2 is 2.41 bits per heavy atom. The van der Waals surface area contributed by atoms with Crippen molar-refractivity contribution in [2.24, 2.45) is 16.6 Å². The van der Waals surface area contributed by atoms with Gasteiger partial charge in [-0.05, 0) is 25.3 Å². The summed E-state index contributed by atoms with van der Waals surface area (Å²) in [6.07, 6.45) is 4.31. The fourth-order valence-corrected chi connectivity index (χ4v) is 2.25. The van der Waals surface area contributed by atoms with Gasteiger partial charge >= 0.3 is 0 Å². The zero-order valence-electron chi connectivity index (χ0n) is 11.2. The number of aliphatic imine (C=N–C) groups is 1. The smallest absolute Gasteiger partial charge is 0.188 e. The van der Waals surface area contributed by atoms with Crippen molar-refractivity contribution in [2.75, 3.05) is 26.2 Å². The quantitative estimate of drug-likeness (QED) is 0.415. The molecule has 1 saturated heterocycles. The average Bonchev–Trinajstić information content (AvgIpc) is 2.70. The summed E-state index contributed by atoms with van der Waals surface area (Å²) in [6.45, 7) is 12.0. The maximum absolute atomic E-state index is 5.76. The second kappa shape index (κ2) is 7.33. The van der Waals surface area contributed by atoms with E-state index in [2.05, 4.69) is 35.6 Å². The van der Waals surface area contributed by atoms with Crippen LogP contribution in [0.15, 0.2) is 17.6 Å². The van der Waals surface area contributed by atoms with Gasteiger partial charge in [0.05, 0.1) is 6.54 Å². The average molecular weight is 238 g/mol. The Kier molecular flexibility index (Phi) is 6.05. The number of nitrogens with zero attached hydrogens (tertiary/aromatic N) is 2. The van der Waals surface area contributed by atoms with E-state index in [4.69, 9.17) is 5.73 Å². The largest absolute Gasteiger partial charge is 0.370 e. The molecule has 0 aliphatic carbocycles. The van der Waals surface area contributed by atoms with Crippen molar-refractivity contribution in [3.63, 3.8) is 0 Å². The van der Waals surface area contributed by atoms with E-state index < -0.39 is 0 Å². The lowest BCUT2D eigenvalue weighted by Gasteiger charge is -2.24. The third-order valence-electron chi connectivity index (χ3n) is 3.00. The molecular weight excluding hydrogens is 212 g/mol. The predicted octanol–water partition coefficient (Wildman–Crippen LogP) is 1.20. The minimum absolute atomic E-state index is 0.529. The first-order valence-electron chi connectivity index (χ1n) is 6.52. The summed E-state index contributed by atoms with van der Waals surface area (Å²) < 4.78 is 0. The molecule has 17 heavy (non-hydrogen) atoms. The van der Waals surface area contributed by atoms with Gasteiger partial charge in [0.1, 0.15) is 0 Å². The van der Waals surface area contributed by atoms with Gasteiger partial charge in [-0.3, -0.25) is 9.89 Å². The van der Waals surface area contributed by atoms with Gasteiger partial charge in [0, 0.05) is 19.1 Å². The van der Waals surface area contributed by atoms with Crippen molar-refractivity contribution in [1.29, 1.82) is 0 Å². The third-order valence-corrected chi connectivity index (χ3v) is 3.00. The van der Waals surface area contributed by atoms with Gasteiger partial charge in [-0.2, -0.15) is 0 Å². The van der Waals surface area contributed by atoms with Gasteiger partial charge in [-0.25, -0.2) is 0 Å². The maximum Gasteiger partial charge on any atom is 0.188 e. The van der Waals surface area contributed by atoms with Crippen molar-refractivity contribution in [1.82, 2.24) is 10.2 Å². The number of guanidine groups is 1. The number of hydrogen-bond donors (Lipinski definition) is 2. The highest BCUT2D eigenvalue weighted by Gasteiger charge is 2.24. The van der Waals surface area contributed by atoms with Crippen LogP contribution < -0.4 is 11.1 Å². The highest BCUT2D eigenvalue weighted by atomic mass is 15.2. The molecule has 0 aromatic heterocycles. The van der Waals surface area contributed by atoms with Gasteiger partial charge in [-0.1, -0.05) is 19.9 Å². The van der Waals surface area contributed by atoms with E-state index in [9.17, 15) is 0 Å². The third kappa shape index (κ3) is 5.22. The Morgan fingerprint density at radius 3 is 3.06 bits per heavy atom. The molecule has 1 aliphatic heterocycles. The monoisotopic (exact) mass is 238 g/mol. The molecule has 4 heteroatoms. The molecular formula is C13H26N4. The highest BCUT2D eigenvalue weighted by Crippen LogP contribution is 2.18. The molecule has 1 heterocycles.